The fourth-order valence-corrected chi connectivity index (χ4v) is 3.40. The van der Waals surface area contributed by atoms with Crippen molar-refractivity contribution in [3.05, 3.63) is 48.4 Å². The van der Waals surface area contributed by atoms with Crippen LogP contribution in [0, 0.1) is 5.82 Å². The Labute approximate surface area is 152 Å². The van der Waals surface area contributed by atoms with Gasteiger partial charge in [-0.3, -0.25) is 9.00 Å². The molecule has 134 valence electrons. The number of nitrogens with one attached hydrogen (secondary N) is 1. The number of rotatable bonds is 4. The summed E-state index contributed by atoms with van der Waals surface area (Å²) in [6.45, 7) is 1.40. The molecule has 1 atom stereocenters. The van der Waals surface area contributed by atoms with E-state index in [1.165, 1.54) is 19.1 Å². The lowest BCUT2D eigenvalue weighted by atomic mass is 10.1. The Hall–Kier alpha value is -2.87. The number of anilines is 1. The second kappa shape index (κ2) is 7.17. The van der Waals surface area contributed by atoms with E-state index in [2.05, 4.69) is 15.3 Å². The van der Waals surface area contributed by atoms with Crippen molar-refractivity contribution in [1.29, 1.82) is 0 Å². The molecule has 1 N–H and O–H groups in total. The quantitative estimate of drug-likeness (QED) is 0.764. The lowest BCUT2D eigenvalue weighted by molar-refractivity contribution is -0.114. The fraction of sp³-hybridized carbons (Fsp3) is 0.167. The summed E-state index contributed by atoms with van der Waals surface area (Å²) in [6.07, 6.45) is 3.13. The van der Waals surface area contributed by atoms with Crippen molar-refractivity contribution in [3.8, 4) is 22.5 Å². The summed E-state index contributed by atoms with van der Waals surface area (Å²) in [6, 6.07) is 9.45. The van der Waals surface area contributed by atoms with Crippen molar-refractivity contribution < 1.29 is 13.4 Å². The lowest BCUT2D eigenvalue weighted by Gasteiger charge is -2.09. The minimum atomic E-state index is -1.30. The summed E-state index contributed by atoms with van der Waals surface area (Å²) >= 11 is 0. The summed E-state index contributed by atoms with van der Waals surface area (Å²) in [7, 11) is 0.464. The van der Waals surface area contributed by atoms with Crippen LogP contribution in [-0.2, 0) is 22.6 Å². The van der Waals surface area contributed by atoms with E-state index < -0.39 is 10.8 Å². The van der Waals surface area contributed by atoms with Crippen LogP contribution in [0.2, 0.25) is 0 Å². The number of aromatic nitrogens is 3. The van der Waals surface area contributed by atoms with E-state index >= 15 is 0 Å². The van der Waals surface area contributed by atoms with Gasteiger partial charge >= 0.3 is 0 Å². The zero-order valence-electron chi connectivity index (χ0n) is 14.5. The number of hydrogen-bond donors (Lipinski definition) is 1. The highest BCUT2D eigenvalue weighted by Gasteiger charge is 2.20. The van der Waals surface area contributed by atoms with Crippen LogP contribution in [0.5, 0.6) is 0 Å². The lowest BCUT2D eigenvalue weighted by Crippen LogP contribution is -2.07. The monoisotopic (exact) mass is 372 g/mol. The van der Waals surface area contributed by atoms with Crippen LogP contribution in [-0.4, -0.2) is 30.9 Å². The number of imidazole rings is 1. The van der Waals surface area contributed by atoms with E-state index in [1.807, 2.05) is 0 Å². The van der Waals surface area contributed by atoms with E-state index in [9.17, 15) is 13.4 Å². The molecule has 0 aliphatic heterocycles. The summed E-state index contributed by atoms with van der Waals surface area (Å²) in [5.74, 6) is -0.170. The van der Waals surface area contributed by atoms with E-state index in [0.717, 1.165) is 5.56 Å². The van der Waals surface area contributed by atoms with Gasteiger partial charge in [-0.1, -0.05) is 0 Å². The highest BCUT2D eigenvalue weighted by Crippen LogP contribution is 2.33. The van der Waals surface area contributed by atoms with Crippen LogP contribution in [0.3, 0.4) is 0 Å². The second-order valence-electron chi connectivity index (χ2n) is 5.72. The molecule has 26 heavy (non-hydrogen) atoms. The fourth-order valence-electron chi connectivity index (χ4n) is 2.70. The normalized spacial score (nSPS) is 12.0. The molecule has 0 aliphatic carbocycles. The molecule has 3 aromatic rings. The maximum absolute atomic E-state index is 13.3. The molecule has 0 aliphatic rings. The molecule has 0 saturated heterocycles. The molecule has 0 fully saturated rings. The van der Waals surface area contributed by atoms with Crippen molar-refractivity contribution in [2.75, 3.05) is 11.6 Å². The van der Waals surface area contributed by atoms with Crippen LogP contribution in [0.25, 0.3) is 22.5 Å². The van der Waals surface area contributed by atoms with Gasteiger partial charge in [0.05, 0.1) is 22.2 Å². The molecule has 0 bridgehead atoms. The molecule has 0 spiro atoms. The Bertz CT molecular complexity index is 999. The summed E-state index contributed by atoms with van der Waals surface area (Å²) < 4.78 is 27.1. The van der Waals surface area contributed by atoms with Gasteiger partial charge < -0.3 is 9.88 Å². The summed E-state index contributed by atoms with van der Waals surface area (Å²) in [5.41, 5.74) is 2.73. The molecule has 0 radical (unpaired) electrons. The van der Waals surface area contributed by atoms with E-state index in [-0.39, 0.29) is 11.7 Å². The third kappa shape index (κ3) is 3.55. The van der Waals surface area contributed by atoms with Crippen LogP contribution >= 0.6 is 0 Å². The van der Waals surface area contributed by atoms with Crippen molar-refractivity contribution >= 4 is 22.5 Å². The molecule has 3 rings (SSSR count). The van der Waals surface area contributed by atoms with Crippen molar-refractivity contribution in [3.63, 3.8) is 0 Å². The molecule has 2 heterocycles. The van der Waals surface area contributed by atoms with Gasteiger partial charge in [-0.15, -0.1) is 0 Å². The van der Waals surface area contributed by atoms with E-state index in [1.54, 1.807) is 48.3 Å². The molecule has 0 saturated carbocycles. The van der Waals surface area contributed by atoms with Gasteiger partial charge in [0, 0.05) is 37.6 Å². The van der Waals surface area contributed by atoms with Gasteiger partial charge in [-0.25, -0.2) is 14.4 Å². The van der Waals surface area contributed by atoms with E-state index in [0.29, 0.717) is 27.9 Å². The number of pyridine rings is 1. The van der Waals surface area contributed by atoms with Crippen molar-refractivity contribution in [1.82, 2.24) is 14.5 Å². The minimum absolute atomic E-state index is 0.228. The number of nitrogens with zero attached hydrogens (tertiary/aromatic N) is 3. The molecular formula is C18H17FN4O2S. The third-order valence-electron chi connectivity index (χ3n) is 3.77. The van der Waals surface area contributed by atoms with Crippen molar-refractivity contribution in [2.24, 2.45) is 7.05 Å². The Morgan fingerprint density at radius 2 is 1.88 bits per heavy atom. The van der Waals surface area contributed by atoms with Crippen LogP contribution in [0.1, 0.15) is 6.92 Å². The first-order valence-electron chi connectivity index (χ1n) is 7.77. The Balaban J connectivity index is 2.21. The largest absolute Gasteiger partial charge is 0.320 e. The second-order valence-corrected chi connectivity index (χ2v) is 7.00. The van der Waals surface area contributed by atoms with Gasteiger partial charge in [0.25, 0.3) is 0 Å². The maximum Gasteiger partial charge on any atom is 0.222 e. The van der Waals surface area contributed by atoms with Crippen LogP contribution in [0.15, 0.2) is 47.8 Å². The van der Waals surface area contributed by atoms with E-state index in [4.69, 9.17) is 0 Å². The van der Waals surface area contributed by atoms with Crippen LogP contribution < -0.4 is 5.32 Å². The first kappa shape index (κ1) is 17.9. The Morgan fingerprint density at radius 3 is 2.50 bits per heavy atom. The number of carbonyl (C=O) groups excluding carboxylic acids is 1. The Morgan fingerprint density at radius 1 is 1.19 bits per heavy atom. The number of benzene rings is 1. The first-order valence-corrected chi connectivity index (χ1v) is 9.32. The minimum Gasteiger partial charge on any atom is -0.320 e. The molecule has 8 heteroatoms. The zero-order valence-corrected chi connectivity index (χ0v) is 15.3. The van der Waals surface area contributed by atoms with Crippen LogP contribution in [0.4, 0.5) is 10.2 Å². The van der Waals surface area contributed by atoms with Gasteiger partial charge in [-0.05, 0) is 36.4 Å². The predicted molar refractivity (Wildman–Crippen MR) is 98.5 cm³/mol. The highest BCUT2D eigenvalue weighted by atomic mass is 32.2. The van der Waals surface area contributed by atoms with Gasteiger partial charge in [-0.2, -0.15) is 0 Å². The average Bonchev–Trinajstić information content (AvgIpc) is 2.93. The SMILES string of the molecule is CC(=O)Nc1cc(-c2c(-c3ccc(F)cc3)nc([S@](C)=O)n2C)ccn1. The molecule has 2 aromatic heterocycles. The summed E-state index contributed by atoms with van der Waals surface area (Å²) in [5, 5.41) is 3.04. The number of hydrogen-bond acceptors (Lipinski definition) is 4. The number of halogens is 1. The van der Waals surface area contributed by atoms with Gasteiger partial charge in [0.15, 0.2) is 5.16 Å². The molecular weight excluding hydrogens is 355 g/mol. The molecule has 1 aromatic carbocycles. The topological polar surface area (TPSA) is 76.9 Å². The Kier molecular flexibility index (Phi) is 4.94. The van der Waals surface area contributed by atoms with Crippen molar-refractivity contribution in [2.45, 2.75) is 12.1 Å². The standard InChI is InChI=1S/C18H17FN4O2S/c1-11(24)21-15-10-13(8-9-20-15)17-16(12-4-6-14(19)7-5-12)22-18(23(17)2)26(3)25/h4-10H,1-3H3,(H,20,21,24)/t26-/m0/s1. The van der Waals surface area contributed by atoms with Gasteiger partial charge in [0.1, 0.15) is 11.6 Å². The summed E-state index contributed by atoms with van der Waals surface area (Å²) in [4.78, 5) is 19.9. The van der Waals surface area contributed by atoms with Gasteiger partial charge in [0.2, 0.25) is 5.91 Å². The highest BCUT2D eigenvalue weighted by molar-refractivity contribution is 7.84. The molecule has 6 nitrogen and oxygen atoms in total. The molecule has 0 unspecified atom stereocenters. The number of amides is 1. The third-order valence-corrected chi connectivity index (χ3v) is 4.65. The molecule has 1 amide bonds. The zero-order chi connectivity index (χ0) is 18.8. The average molecular weight is 372 g/mol. The smallest absolute Gasteiger partial charge is 0.222 e. The predicted octanol–water partition coefficient (Wildman–Crippen LogP) is 2.98. The first-order chi connectivity index (χ1) is 12.4. The maximum atomic E-state index is 13.3. The number of carbonyl (C=O) groups is 1.